The average molecular weight is 567 g/mol. The molecule has 7 heteroatoms. The van der Waals surface area contributed by atoms with Gasteiger partial charge in [-0.2, -0.15) is 0 Å². The monoisotopic (exact) mass is 566 g/mol. The van der Waals surface area contributed by atoms with Gasteiger partial charge in [0.2, 0.25) is 0 Å². The number of hydrogen-bond donors (Lipinski definition) is 1. The third-order valence-electron chi connectivity index (χ3n) is 9.03. The fourth-order valence-electron chi connectivity index (χ4n) is 6.88. The van der Waals surface area contributed by atoms with Crippen LogP contribution in [0.4, 0.5) is 0 Å². The summed E-state index contributed by atoms with van der Waals surface area (Å²) in [6.45, 7) is 7.24. The number of likely N-dealkylation sites (tertiary alicyclic amines) is 1. The van der Waals surface area contributed by atoms with Gasteiger partial charge in [0.05, 0.1) is 22.1 Å². The Morgan fingerprint density at radius 1 is 0.744 bits per heavy atom. The summed E-state index contributed by atoms with van der Waals surface area (Å²) in [5.74, 6) is 0.951. The van der Waals surface area contributed by atoms with Crippen molar-refractivity contribution in [1.29, 1.82) is 0 Å². The standard InChI is InChI=1S/C36H34N6O/c1-2-41-32-13-7-6-12-26(32)27-21-25(14-15-33(27)41)35-38-30-22-28-29(23-34(30)42(35)19-18-40-16-8-9-17-40)37-31(36(43)39-28)20-24-10-4-3-5-11-24/h3-7,10-15,21-23H,2,8-9,16-20H2,1H3,(H,39,43). The molecule has 1 N–H and O–H groups in total. The molecule has 0 bridgehead atoms. The van der Waals surface area contributed by atoms with Gasteiger partial charge in [-0.25, -0.2) is 9.97 Å². The summed E-state index contributed by atoms with van der Waals surface area (Å²) >= 11 is 0. The number of H-pyrrole nitrogens is 1. The van der Waals surface area contributed by atoms with E-state index in [1.807, 2.05) is 36.4 Å². The van der Waals surface area contributed by atoms with Crippen LogP contribution in [0.2, 0.25) is 0 Å². The molecule has 0 unspecified atom stereocenters. The fraction of sp³-hybridized carbons (Fsp3) is 0.250. The second-order valence-electron chi connectivity index (χ2n) is 11.7. The molecule has 1 fully saturated rings. The van der Waals surface area contributed by atoms with Gasteiger partial charge in [-0.05, 0) is 74.8 Å². The first-order chi connectivity index (χ1) is 21.2. The number of para-hydroxylation sites is 1. The Balaban J connectivity index is 1.29. The minimum Gasteiger partial charge on any atom is -0.341 e. The number of nitrogens with zero attached hydrogens (tertiary/aromatic N) is 5. The molecule has 7 aromatic rings. The summed E-state index contributed by atoms with van der Waals surface area (Å²) in [6.07, 6.45) is 3.03. The quantitative estimate of drug-likeness (QED) is 0.232. The molecule has 0 atom stereocenters. The number of hydrogen-bond acceptors (Lipinski definition) is 4. The Kier molecular flexibility index (Phi) is 6.33. The summed E-state index contributed by atoms with van der Waals surface area (Å²) in [6, 6.07) is 29.5. The lowest BCUT2D eigenvalue weighted by molar-refractivity contribution is 0.325. The molecular formula is C36H34N6O. The van der Waals surface area contributed by atoms with E-state index in [1.165, 1.54) is 34.6 Å². The molecule has 4 heterocycles. The second kappa shape index (κ2) is 10.5. The van der Waals surface area contributed by atoms with E-state index >= 15 is 0 Å². The lowest BCUT2D eigenvalue weighted by atomic mass is 10.1. The third kappa shape index (κ3) is 4.51. The number of benzene rings is 4. The molecular weight excluding hydrogens is 532 g/mol. The maximum Gasteiger partial charge on any atom is 0.270 e. The first-order valence-corrected chi connectivity index (χ1v) is 15.4. The van der Waals surface area contributed by atoms with E-state index < -0.39 is 0 Å². The van der Waals surface area contributed by atoms with Crippen LogP contribution in [0, 0.1) is 0 Å². The molecule has 1 saturated heterocycles. The number of aryl methyl sites for hydroxylation is 1. The lowest BCUT2D eigenvalue weighted by Crippen LogP contribution is -2.24. The SMILES string of the molecule is CCn1c2ccccc2c2cc(-c3nc4cc5[nH]c(=O)c(Cc6ccccc6)nc5cc4n3CCN3CCCC3)ccc21. The summed E-state index contributed by atoms with van der Waals surface area (Å²) in [5.41, 5.74) is 8.45. The Morgan fingerprint density at radius 3 is 2.37 bits per heavy atom. The van der Waals surface area contributed by atoms with Crippen molar-refractivity contribution >= 4 is 43.9 Å². The number of fused-ring (bicyclic) bond motifs is 5. The molecule has 0 saturated carbocycles. The van der Waals surface area contributed by atoms with Crippen LogP contribution in [-0.2, 0) is 19.5 Å². The minimum absolute atomic E-state index is 0.151. The molecule has 43 heavy (non-hydrogen) atoms. The highest BCUT2D eigenvalue weighted by molar-refractivity contribution is 6.09. The van der Waals surface area contributed by atoms with Gasteiger partial charge >= 0.3 is 0 Å². The predicted octanol–water partition coefficient (Wildman–Crippen LogP) is 6.75. The summed E-state index contributed by atoms with van der Waals surface area (Å²) in [7, 11) is 0. The highest BCUT2D eigenvalue weighted by Gasteiger charge is 2.19. The molecule has 8 rings (SSSR count). The molecule has 214 valence electrons. The van der Waals surface area contributed by atoms with Crippen molar-refractivity contribution in [3.05, 3.63) is 107 Å². The van der Waals surface area contributed by atoms with Crippen LogP contribution in [0.15, 0.2) is 89.7 Å². The molecule has 0 radical (unpaired) electrons. The molecule has 0 spiro atoms. The smallest absolute Gasteiger partial charge is 0.270 e. The maximum atomic E-state index is 13.0. The van der Waals surface area contributed by atoms with Crippen LogP contribution in [0.25, 0.3) is 55.3 Å². The molecule has 1 aliphatic heterocycles. The highest BCUT2D eigenvalue weighted by atomic mass is 16.1. The van der Waals surface area contributed by atoms with Gasteiger partial charge in [0.25, 0.3) is 5.56 Å². The zero-order chi connectivity index (χ0) is 28.9. The van der Waals surface area contributed by atoms with Crippen LogP contribution in [0.3, 0.4) is 0 Å². The largest absolute Gasteiger partial charge is 0.341 e. The normalized spacial score (nSPS) is 14.2. The fourth-order valence-corrected chi connectivity index (χ4v) is 6.88. The van der Waals surface area contributed by atoms with E-state index in [0.29, 0.717) is 17.6 Å². The Bertz CT molecular complexity index is 2180. The molecule has 0 aliphatic carbocycles. The van der Waals surface area contributed by atoms with E-state index in [9.17, 15) is 4.79 Å². The van der Waals surface area contributed by atoms with Crippen molar-refractivity contribution in [2.24, 2.45) is 0 Å². The van der Waals surface area contributed by atoms with Crippen LogP contribution >= 0.6 is 0 Å². The first kappa shape index (κ1) is 25.9. The number of aromatic amines is 1. The van der Waals surface area contributed by atoms with Crippen molar-refractivity contribution < 1.29 is 0 Å². The summed E-state index contributed by atoms with van der Waals surface area (Å²) in [5, 5.41) is 2.51. The second-order valence-corrected chi connectivity index (χ2v) is 11.7. The van der Waals surface area contributed by atoms with Crippen molar-refractivity contribution in [3.8, 4) is 11.4 Å². The highest BCUT2D eigenvalue weighted by Crippen LogP contribution is 2.34. The van der Waals surface area contributed by atoms with Crippen LogP contribution in [-0.4, -0.2) is 48.6 Å². The van der Waals surface area contributed by atoms with E-state index in [0.717, 1.165) is 66.2 Å². The van der Waals surface area contributed by atoms with Crippen molar-refractivity contribution in [1.82, 2.24) is 29.0 Å². The van der Waals surface area contributed by atoms with E-state index in [1.54, 1.807) is 0 Å². The van der Waals surface area contributed by atoms with Gasteiger partial charge in [-0.1, -0.05) is 48.5 Å². The van der Waals surface area contributed by atoms with Gasteiger partial charge < -0.3 is 19.0 Å². The van der Waals surface area contributed by atoms with Gasteiger partial charge in [0.15, 0.2) is 0 Å². The third-order valence-corrected chi connectivity index (χ3v) is 9.03. The number of aromatic nitrogens is 5. The van der Waals surface area contributed by atoms with E-state index in [2.05, 4.69) is 74.5 Å². The first-order valence-electron chi connectivity index (χ1n) is 15.4. The maximum absolute atomic E-state index is 13.0. The lowest BCUT2D eigenvalue weighted by Gasteiger charge is -2.17. The van der Waals surface area contributed by atoms with Crippen LogP contribution in [0.1, 0.15) is 31.0 Å². The average Bonchev–Trinajstić information content (AvgIpc) is 3.76. The van der Waals surface area contributed by atoms with Gasteiger partial charge in [0, 0.05) is 53.4 Å². The topological polar surface area (TPSA) is 71.7 Å². The number of rotatable bonds is 7. The minimum atomic E-state index is -0.151. The number of imidazole rings is 1. The van der Waals surface area contributed by atoms with E-state index in [4.69, 9.17) is 9.97 Å². The Hall–Kier alpha value is -4.75. The zero-order valence-corrected chi connectivity index (χ0v) is 24.4. The van der Waals surface area contributed by atoms with Crippen LogP contribution < -0.4 is 5.56 Å². The molecule has 7 nitrogen and oxygen atoms in total. The van der Waals surface area contributed by atoms with Crippen LogP contribution in [0.5, 0.6) is 0 Å². The predicted molar refractivity (Wildman–Crippen MR) is 175 cm³/mol. The molecule has 4 aromatic carbocycles. The Labute approximate surface area is 249 Å². The van der Waals surface area contributed by atoms with Gasteiger partial charge in [0.1, 0.15) is 11.5 Å². The van der Waals surface area contributed by atoms with Gasteiger partial charge in [-0.15, -0.1) is 0 Å². The van der Waals surface area contributed by atoms with Gasteiger partial charge in [-0.3, -0.25) is 4.79 Å². The summed E-state index contributed by atoms with van der Waals surface area (Å²) < 4.78 is 4.74. The summed E-state index contributed by atoms with van der Waals surface area (Å²) in [4.78, 5) is 28.7. The van der Waals surface area contributed by atoms with Crippen molar-refractivity contribution in [2.75, 3.05) is 19.6 Å². The van der Waals surface area contributed by atoms with Crippen molar-refractivity contribution in [2.45, 2.75) is 39.3 Å². The zero-order valence-electron chi connectivity index (χ0n) is 24.4. The number of nitrogens with one attached hydrogen (secondary N) is 1. The molecule has 0 amide bonds. The van der Waals surface area contributed by atoms with E-state index in [-0.39, 0.29) is 5.56 Å². The molecule has 3 aromatic heterocycles. The van der Waals surface area contributed by atoms with Crippen molar-refractivity contribution in [3.63, 3.8) is 0 Å². The molecule has 1 aliphatic rings. The Morgan fingerprint density at radius 2 is 1.53 bits per heavy atom.